The van der Waals surface area contributed by atoms with Crippen LogP contribution in [0.3, 0.4) is 0 Å². The molecule has 0 saturated carbocycles. The third-order valence-electron chi connectivity index (χ3n) is 2.98. The molecule has 2 rings (SSSR count). The van der Waals surface area contributed by atoms with Crippen molar-refractivity contribution in [2.75, 3.05) is 31.2 Å². The lowest BCUT2D eigenvalue weighted by Crippen LogP contribution is -2.37. The molecule has 1 aliphatic heterocycles. The van der Waals surface area contributed by atoms with Crippen molar-refractivity contribution in [3.8, 4) is 6.01 Å². The van der Waals surface area contributed by atoms with Crippen LogP contribution in [0.4, 0.5) is 5.95 Å². The standard InChI is InChI=1S/C13H21ClN4O2/c1-9(2)8-10(3)20-13-16-11(14)15-12(17-13)18-4-6-19-7-5-18/h9-10H,4-8H2,1-3H3. The second-order valence-electron chi connectivity index (χ2n) is 5.34. The van der Waals surface area contributed by atoms with Crippen LogP contribution in [-0.2, 0) is 4.74 Å². The zero-order chi connectivity index (χ0) is 14.5. The Kier molecular flexibility index (Phi) is 5.37. The number of nitrogens with zero attached hydrogens (tertiary/aromatic N) is 4. The first-order chi connectivity index (χ1) is 9.54. The second-order valence-corrected chi connectivity index (χ2v) is 5.68. The van der Waals surface area contributed by atoms with E-state index in [4.69, 9.17) is 21.1 Å². The number of hydrogen-bond donors (Lipinski definition) is 0. The van der Waals surface area contributed by atoms with E-state index in [1.807, 2.05) is 11.8 Å². The van der Waals surface area contributed by atoms with Gasteiger partial charge in [-0.25, -0.2) is 0 Å². The van der Waals surface area contributed by atoms with Gasteiger partial charge in [0.25, 0.3) is 0 Å². The van der Waals surface area contributed by atoms with Crippen LogP contribution in [-0.4, -0.2) is 47.4 Å². The molecule has 1 unspecified atom stereocenters. The van der Waals surface area contributed by atoms with Gasteiger partial charge in [0.15, 0.2) is 0 Å². The van der Waals surface area contributed by atoms with E-state index < -0.39 is 0 Å². The molecule has 0 aliphatic carbocycles. The van der Waals surface area contributed by atoms with Gasteiger partial charge in [-0.15, -0.1) is 0 Å². The highest BCUT2D eigenvalue weighted by molar-refractivity contribution is 6.28. The summed E-state index contributed by atoms with van der Waals surface area (Å²) >= 11 is 5.96. The number of rotatable bonds is 5. The number of ether oxygens (including phenoxy) is 2. The first-order valence-electron chi connectivity index (χ1n) is 6.95. The Morgan fingerprint density at radius 1 is 1.20 bits per heavy atom. The van der Waals surface area contributed by atoms with Gasteiger partial charge in [-0.05, 0) is 30.9 Å². The molecule has 0 aromatic carbocycles. The minimum Gasteiger partial charge on any atom is -0.460 e. The van der Waals surface area contributed by atoms with E-state index in [1.165, 1.54) is 0 Å². The van der Waals surface area contributed by atoms with E-state index in [9.17, 15) is 0 Å². The van der Waals surface area contributed by atoms with Crippen LogP contribution in [0.25, 0.3) is 0 Å². The zero-order valence-corrected chi connectivity index (χ0v) is 12.9. The topological polar surface area (TPSA) is 60.4 Å². The number of anilines is 1. The molecule has 1 aromatic rings. The van der Waals surface area contributed by atoms with E-state index in [0.717, 1.165) is 19.5 Å². The van der Waals surface area contributed by atoms with Crippen molar-refractivity contribution in [3.63, 3.8) is 0 Å². The Balaban J connectivity index is 2.07. The minimum atomic E-state index is 0.0472. The van der Waals surface area contributed by atoms with Crippen molar-refractivity contribution in [2.45, 2.75) is 33.3 Å². The summed E-state index contributed by atoms with van der Waals surface area (Å²) in [6, 6.07) is 0.291. The minimum absolute atomic E-state index is 0.0472. The van der Waals surface area contributed by atoms with Crippen LogP contribution in [0.2, 0.25) is 5.28 Å². The van der Waals surface area contributed by atoms with Gasteiger partial charge in [0.1, 0.15) is 0 Å². The lowest BCUT2D eigenvalue weighted by molar-refractivity contribution is 0.121. The number of halogens is 1. The molecule has 0 radical (unpaired) electrons. The predicted octanol–water partition coefficient (Wildman–Crippen LogP) is 2.17. The average molecular weight is 301 g/mol. The first kappa shape index (κ1) is 15.3. The maximum absolute atomic E-state index is 5.96. The molecule has 112 valence electrons. The smallest absolute Gasteiger partial charge is 0.322 e. The second kappa shape index (κ2) is 7.04. The van der Waals surface area contributed by atoms with Gasteiger partial charge >= 0.3 is 6.01 Å². The summed E-state index contributed by atoms with van der Waals surface area (Å²) in [5, 5.41) is 0.160. The quantitative estimate of drug-likeness (QED) is 0.830. The highest BCUT2D eigenvalue weighted by Crippen LogP contribution is 2.18. The van der Waals surface area contributed by atoms with Crippen molar-refractivity contribution in [1.82, 2.24) is 15.0 Å². The van der Waals surface area contributed by atoms with E-state index in [2.05, 4.69) is 28.8 Å². The number of aromatic nitrogens is 3. The Bertz CT molecular complexity index is 438. The molecule has 2 heterocycles. The van der Waals surface area contributed by atoms with E-state index in [0.29, 0.717) is 31.1 Å². The van der Waals surface area contributed by atoms with Crippen LogP contribution in [0.1, 0.15) is 27.2 Å². The summed E-state index contributed by atoms with van der Waals surface area (Å²) in [7, 11) is 0. The molecule has 1 saturated heterocycles. The number of hydrogen-bond acceptors (Lipinski definition) is 6. The molecule has 7 heteroatoms. The summed E-state index contributed by atoms with van der Waals surface area (Å²) < 4.78 is 11.0. The van der Waals surface area contributed by atoms with Crippen LogP contribution in [0.15, 0.2) is 0 Å². The van der Waals surface area contributed by atoms with Gasteiger partial charge in [-0.3, -0.25) is 0 Å². The Morgan fingerprint density at radius 3 is 2.55 bits per heavy atom. The van der Waals surface area contributed by atoms with Crippen molar-refractivity contribution >= 4 is 17.5 Å². The molecule has 0 bridgehead atoms. The van der Waals surface area contributed by atoms with Crippen LogP contribution in [0.5, 0.6) is 6.01 Å². The largest absolute Gasteiger partial charge is 0.460 e. The van der Waals surface area contributed by atoms with Gasteiger partial charge in [0.2, 0.25) is 11.2 Å². The summed E-state index contributed by atoms with van der Waals surface area (Å²) in [5.74, 6) is 1.11. The maximum Gasteiger partial charge on any atom is 0.322 e. The molecule has 6 nitrogen and oxygen atoms in total. The maximum atomic E-state index is 5.96. The lowest BCUT2D eigenvalue weighted by Gasteiger charge is -2.26. The number of morpholine rings is 1. The molecule has 1 atom stereocenters. The van der Waals surface area contributed by atoms with Crippen LogP contribution in [0, 0.1) is 5.92 Å². The van der Waals surface area contributed by atoms with Gasteiger partial charge < -0.3 is 14.4 Å². The zero-order valence-electron chi connectivity index (χ0n) is 12.2. The Labute approximate surface area is 124 Å². The molecule has 1 aromatic heterocycles. The molecule has 20 heavy (non-hydrogen) atoms. The average Bonchev–Trinajstić information content (AvgIpc) is 2.38. The molecular weight excluding hydrogens is 280 g/mol. The van der Waals surface area contributed by atoms with Gasteiger partial charge in [-0.2, -0.15) is 15.0 Å². The van der Waals surface area contributed by atoms with Crippen molar-refractivity contribution in [2.24, 2.45) is 5.92 Å². The fourth-order valence-corrected chi connectivity index (χ4v) is 2.32. The molecule has 1 aliphatic rings. The highest BCUT2D eigenvalue weighted by atomic mass is 35.5. The molecular formula is C13H21ClN4O2. The SMILES string of the molecule is CC(C)CC(C)Oc1nc(Cl)nc(N2CCOCC2)n1. The summed E-state index contributed by atoms with van der Waals surface area (Å²) in [4.78, 5) is 14.6. The normalized spacial score (nSPS) is 17.4. The molecule has 0 N–H and O–H groups in total. The molecule has 1 fully saturated rings. The Hall–Kier alpha value is -1.14. The highest BCUT2D eigenvalue weighted by Gasteiger charge is 2.17. The first-order valence-corrected chi connectivity index (χ1v) is 7.33. The van der Waals surface area contributed by atoms with Gasteiger partial charge in [-0.1, -0.05) is 13.8 Å². The van der Waals surface area contributed by atoms with Gasteiger partial charge in [0, 0.05) is 13.1 Å². The Morgan fingerprint density at radius 2 is 1.90 bits per heavy atom. The third kappa shape index (κ3) is 4.45. The van der Waals surface area contributed by atoms with Crippen LogP contribution >= 0.6 is 11.6 Å². The van der Waals surface area contributed by atoms with Crippen LogP contribution < -0.4 is 9.64 Å². The van der Waals surface area contributed by atoms with E-state index in [1.54, 1.807) is 0 Å². The van der Waals surface area contributed by atoms with E-state index >= 15 is 0 Å². The van der Waals surface area contributed by atoms with Crippen molar-refractivity contribution < 1.29 is 9.47 Å². The fourth-order valence-electron chi connectivity index (χ4n) is 2.17. The monoisotopic (exact) mass is 300 g/mol. The van der Waals surface area contributed by atoms with E-state index in [-0.39, 0.29) is 11.4 Å². The summed E-state index contributed by atoms with van der Waals surface area (Å²) in [6.45, 7) is 9.15. The summed E-state index contributed by atoms with van der Waals surface area (Å²) in [5.41, 5.74) is 0. The fraction of sp³-hybridized carbons (Fsp3) is 0.769. The third-order valence-corrected chi connectivity index (χ3v) is 3.15. The van der Waals surface area contributed by atoms with Gasteiger partial charge in [0.05, 0.1) is 19.3 Å². The molecule has 0 amide bonds. The summed E-state index contributed by atoms with van der Waals surface area (Å²) in [6.07, 6.45) is 0.988. The van der Waals surface area contributed by atoms with Crippen molar-refractivity contribution in [3.05, 3.63) is 5.28 Å². The lowest BCUT2D eigenvalue weighted by atomic mass is 10.1. The van der Waals surface area contributed by atoms with Crippen molar-refractivity contribution in [1.29, 1.82) is 0 Å². The molecule has 0 spiro atoms. The predicted molar refractivity (Wildman–Crippen MR) is 77.4 cm³/mol.